The van der Waals surface area contributed by atoms with E-state index in [1.807, 2.05) is 6.92 Å². The van der Waals surface area contributed by atoms with Crippen molar-refractivity contribution in [3.8, 4) is 0 Å². The van der Waals surface area contributed by atoms with E-state index in [1.165, 1.54) is 0 Å². The van der Waals surface area contributed by atoms with Gasteiger partial charge in [-0.05, 0) is 26.2 Å². The molecule has 0 bridgehead atoms. The molecule has 0 aliphatic rings. The van der Waals surface area contributed by atoms with E-state index in [9.17, 15) is 4.79 Å². The van der Waals surface area contributed by atoms with Crippen molar-refractivity contribution in [3.05, 3.63) is 0 Å². The second kappa shape index (κ2) is 5.97. The molecule has 13 heavy (non-hydrogen) atoms. The molecule has 1 N–H and O–H groups in total. The van der Waals surface area contributed by atoms with Crippen LogP contribution < -0.4 is 0 Å². The molecule has 78 valence electrons. The van der Waals surface area contributed by atoms with Crippen LogP contribution in [-0.2, 0) is 9.53 Å². The van der Waals surface area contributed by atoms with E-state index in [0.717, 1.165) is 6.42 Å². The molecule has 0 fully saturated rings. The monoisotopic (exact) mass is 188 g/mol. The third kappa shape index (κ3) is 7.78. The van der Waals surface area contributed by atoms with Crippen molar-refractivity contribution in [1.29, 1.82) is 0 Å². The van der Waals surface area contributed by atoms with E-state index in [1.54, 1.807) is 6.92 Å². The van der Waals surface area contributed by atoms with Gasteiger partial charge in [-0.25, -0.2) is 0 Å². The van der Waals surface area contributed by atoms with Crippen molar-refractivity contribution in [3.63, 3.8) is 0 Å². The zero-order valence-electron chi connectivity index (χ0n) is 8.91. The van der Waals surface area contributed by atoms with Gasteiger partial charge in [-0.1, -0.05) is 13.8 Å². The van der Waals surface area contributed by atoms with Crippen molar-refractivity contribution in [2.45, 2.75) is 52.7 Å². The summed E-state index contributed by atoms with van der Waals surface area (Å²) in [5.74, 6) is -0.212. The fourth-order valence-electron chi connectivity index (χ4n) is 1.41. The van der Waals surface area contributed by atoms with E-state index in [0.29, 0.717) is 5.92 Å². The molecular formula is C10H20O3. The Morgan fingerprint density at radius 1 is 1.23 bits per heavy atom. The first kappa shape index (κ1) is 12.4. The summed E-state index contributed by atoms with van der Waals surface area (Å²) in [6.07, 6.45) is 1.02. The van der Waals surface area contributed by atoms with Crippen LogP contribution in [0.3, 0.4) is 0 Å². The zero-order valence-corrected chi connectivity index (χ0v) is 8.91. The molecule has 3 nitrogen and oxygen atoms in total. The molecule has 0 radical (unpaired) electrons. The fourth-order valence-corrected chi connectivity index (χ4v) is 1.41. The van der Waals surface area contributed by atoms with E-state index in [2.05, 4.69) is 13.8 Å². The fraction of sp³-hybridized carbons (Fsp3) is 0.900. The number of hydrogen-bond donors (Lipinski definition) is 1. The van der Waals surface area contributed by atoms with Gasteiger partial charge in [-0.15, -0.1) is 0 Å². The van der Waals surface area contributed by atoms with Gasteiger partial charge < -0.3 is 9.84 Å². The first-order chi connectivity index (χ1) is 5.91. The lowest BCUT2D eigenvalue weighted by atomic mass is 10.1. The maximum absolute atomic E-state index is 10.3. The Bertz CT molecular complexity index is 154. The normalized spacial score (nSPS) is 15.8. The number of rotatable bonds is 6. The molecule has 1 unspecified atom stereocenters. The smallest absolute Gasteiger partial charge is 0.305 e. The molecule has 0 aromatic heterocycles. The molecule has 0 spiro atoms. The highest BCUT2D eigenvalue weighted by Gasteiger charge is 2.12. The molecule has 3 heteroatoms. The Labute approximate surface area is 80.1 Å². The van der Waals surface area contributed by atoms with Crippen LogP contribution >= 0.6 is 0 Å². The van der Waals surface area contributed by atoms with Crippen molar-refractivity contribution in [2.75, 3.05) is 0 Å². The molecule has 0 aliphatic carbocycles. The average molecular weight is 188 g/mol. The summed E-state index contributed by atoms with van der Waals surface area (Å²) in [4.78, 5) is 10.3. The topological polar surface area (TPSA) is 46.5 Å². The number of carboxylic acid groups (broad SMARTS) is 1. The summed E-state index contributed by atoms with van der Waals surface area (Å²) < 4.78 is 5.49. The standard InChI is InChI=1S/C10H20O3/c1-7(2)5-8(3)13-9(4)6-10(11)12/h7-9H,5-6H2,1-4H3,(H,11,12)/t8?,9-/m1/s1. The predicted molar refractivity (Wildman–Crippen MR) is 51.7 cm³/mol. The minimum atomic E-state index is -0.802. The molecule has 0 aromatic rings. The molecular weight excluding hydrogens is 168 g/mol. The predicted octanol–water partition coefficient (Wildman–Crippen LogP) is 2.30. The van der Waals surface area contributed by atoms with Crippen molar-refractivity contribution >= 4 is 5.97 Å². The van der Waals surface area contributed by atoms with E-state index in [4.69, 9.17) is 9.84 Å². The molecule has 0 aromatic carbocycles. The van der Waals surface area contributed by atoms with Gasteiger partial charge in [0.05, 0.1) is 18.6 Å². The first-order valence-electron chi connectivity index (χ1n) is 4.79. The molecule has 0 heterocycles. The largest absolute Gasteiger partial charge is 0.481 e. The first-order valence-corrected chi connectivity index (χ1v) is 4.79. The highest BCUT2D eigenvalue weighted by atomic mass is 16.5. The summed E-state index contributed by atoms with van der Waals surface area (Å²) in [5, 5.41) is 8.50. The van der Waals surface area contributed by atoms with Crippen molar-refractivity contribution in [2.24, 2.45) is 5.92 Å². The lowest BCUT2D eigenvalue weighted by Crippen LogP contribution is -2.21. The van der Waals surface area contributed by atoms with Crippen LogP contribution in [0.25, 0.3) is 0 Å². The second-order valence-corrected chi connectivity index (χ2v) is 3.98. The van der Waals surface area contributed by atoms with Gasteiger partial charge in [0.25, 0.3) is 0 Å². The lowest BCUT2D eigenvalue weighted by Gasteiger charge is -2.19. The SMILES string of the molecule is CC(C)CC(C)O[C@H](C)CC(=O)O. The molecule has 0 saturated heterocycles. The number of aliphatic carboxylic acids is 1. The van der Waals surface area contributed by atoms with Gasteiger partial charge >= 0.3 is 5.97 Å². The van der Waals surface area contributed by atoms with Crippen molar-refractivity contribution in [1.82, 2.24) is 0 Å². The Morgan fingerprint density at radius 2 is 1.77 bits per heavy atom. The van der Waals surface area contributed by atoms with E-state index in [-0.39, 0.29) is 18.6 Å². The third-order valence-electron chi connectivity index (χ3n) is 1.73. The summed E-state index contributed by atoms with van der Waals surface area (Å²) >= 11 is 0. The molecule has 0 saturated carbocycles. The maximum Gasteiger partial charge on any atom is 0.305 e. The third-order valence-corrected chi connectivity index (χ3v) is 1.73. The quantitative estimate of drug-likeness (QED) is 0.695. The zero-order chi connectivity index (χ0) is 10.4. The summed E-state index contributed by atoms with van der Waals surface area (Å²) in [6, 6.07) is 0. The molecule has 0 amide bonds. The minimum absolute atomic E-state index is 0.0857. The number of carbonyl (C=O) groups is 1. The van der Waals surface area contributed by atoms with Gasteiger partial charge in [0.1, 0.15) is 0 Å². The van der Waals surface area contributed by atoms with Gasteiger partial charge in [-0.3, -0.25) is 4.79 Å². The Balaban J connectivity index is 3.64. The summed E-state index contributed by atoms with van der Waals surface area (Å²) in [7, 11) is 0. The maximum atomic E-state index is 10.3. The van der Waals surface area contributed by atoms with Crippen LogP contribution in [0.4, 0.5) is 0 Å². The lowest BCUT2D eigenvalue weighted by molar-refractivity contribution is -0.140. The van der Waals surface area contributed by atoms with Crippen LogP contribution in [0.2, 0.25) is 0 Å². The van der Waals surface area contributed by atoms with Gasteiger partial charge in [-0.2, -0.15) is 0 Å². The second-order valence-electron chi connectivity index (χ2n) is 3.98. The Kier molecular flexibility index (Phi) is 5.71. The van der Waals surface area contributed by atoms with Crippen LogP contribution in [-0.4, -0.2) is 23.3 Å². The molecule has 2 atom stereocenters. The van der Waals surface area contributed by atoms with Gasteiger partial charge in [0.15, 0.2) is 0 Å². The number of carboxylic acids is 1. The van der Waals surface area contributed by atoms with Crippen LogP contribution in [0.1, 0.15) is 40.5 Å². The van der Waals surface area contributed by atoms with E-state index >= 15 is 0 Å². The Morgan fingerprint density at radius 3 is 2.15 bits per heavy atom. The molecule has 0 aliphatic heterocycles. The minimum Gasteiger partial charge on any atom is -0.481 e. The highest BCUT2D eigenvalue weighted by molar-refractivity contribution is 5.67. The number of ether oxygens (including phenoxy) is 1. The average Bonchev–Trinajstić information content (AvgIpc) is 1.80. The Hall–Kier alpha value is -0.570. The van der Waals surface area contributed by atoms with Crippen molar-refractivity contribution < 1.29 is 14.6 Å². The molecule has 0 rings (SSSR count). The van der Waals surface area contributed by atoms with Crippen LogP contribution in [0.15, 0.2) is 0 Å². The van der Waals surface area contributed by atoms with Crippen LogP contribution in [0, 0.1) is 5.92 Å². The van der Waals surface area contributed by atoms with Gasteiger partial charge in [0, 0.05) is 0 Å². The van der Waals surface area contributed by atoms with Gasteiger partial charge in [0.2, 0.25) is 0 Å². The highest BCUT2D eigenvalue weighted by Crippen LogP contribution is 2.11. The van der Waals surface area contributed by atoms with E-state index < -0.39 is 5.97 Å². The number of hydrogen-bond acceptors (Lipinski definition) is 2. The summed E-state index contributed by atoms with van der Waals surface area (Å²) in [5.41, 5.74) is 0. The van der Waals surface area contributed by atoms with Crippen LogP contribution in [0.5, 0.6) is 0 Å². The summed E-state index contributed by atoms with van der Waals surface area (Å²) in [6.45, 7) is 8.03.